The van der Waals surface area contributed by atoms with E-state index in [9.17, 15) is 9.18 Å². The first-order valence-corrected chi connectivity index (χ1v) is 4.51. The maximum atomic E-state index is 12.8. The highest BCUT2D eigenvalue weighted by Crippen LogP contribution is 2.28. The van der Waals surface area contributed by atoms with Crippen molar-refractivity contribution in [1.82, 2.24) is 0 Å². The Balaban J connectivity index is 2.35. The van der Waals surface area contributed by atoms with Crippen LogP contribution in [0.4, 0.5) is 10.1 Å². The summed E-state index contributed by atoms with van der Waals surface area (Å²) in [6.45, 7) is 0.603. The molecule has 0 aliphatic carbocycles. The number of fused-ring (bicyclic) bond motifs is 1. The van der Waals surface area contributed by atoms with Crippen LogP contribution in [0.1, 0.15) is 5.56 Å². The predicted molar refractivity (Wildman–Crippen MR) is 51.5 cm³/mol. The first-order valence-electron chi connectivity index (χ1n) is 4.51. The molecule has 4 heteroatoms. The third kappa shape index (κ3) is 1.37. The third-order valence-corrected chi connectivity index (χ3v) is 2.41. The molecule has 0 saturated heterocycles. The minimum Gasteiger partial charge on any atom is -0.322 e. The van der Waals surface area contributed by atoms with E-state index in [4.69, 9.17) is 5.73 Å². The van der Waals surface area contributed by atoms with Gasteiger partial charge in [-0.15, -0.1) is 0 Å². The summed E-state index contributed by atoms with van der Waals surface area (Å²) in [5.41, 5.74) is 6.95. The maximum absolute atomic E-state index is 12.8. The van der Waals surface area contributed by atoms with Crippen molar-refractivity contribution in [2.75, 3.05) is 18.0 Å². The van der Waals surface area contributed by atoms with Crippen LogP contribution in [0.3, 0.4) is 0 Å². The number of anilines is 1. The molecule has 1 heterocycles. The highest BCUT2D eigenvalue weighted by atomic mass is 19.1. The van der Waals surface area contributed by atoms with Gasteiger partial charge in [-0.2, -0.15) is 0 Å². The molecule has 2 N–H and O–H groups in total. The molecule has 0 saturated carbocycles. The molecule has 1 aromatic rings. The van der Waals surface area contributed by atoms with E-state index in [0.717, 1.165) is 11.3 Å². The van der Waals surface area contributed by atoms with Gasteiger partial charge in [0, 0.05) is 12.2 Å². The molecule has 14 heavy (non-hydrogen) atoms. The smallest absolute Gasteiger partial charge is 0.240 e. The Morgan fingerprint density at radius 3 is 3.07 bits per heavy atom. The van der Waals surface area contributed by atoms with Gasteiger partial charge in [0.15, 0.2) is 0 Å². The van der Waals surface area contributed by atoms with Crippen molar-refractivity contribution in [2.24, 2.45) is 5.73 Å². The minimum absolute atomic E-state index is 0.00316. The van der Waals surface area contributed by atoms with Crippen LogP contribution in [-0.2, 0) is 11.2 Å². The molecule has 74 valence electrons. The Hall–Kier alpha value is -1.42. The van der Waals surface area contributed by atoms with Gasteiger partial charge in [-0.3, -0.25) is 4.79 Å². The Bertz CT molecular complexity index is 378. The summed E-state index contributed by atoms with van der Waals surface area (Å²) in [5, 5.41) is 0. The summed E-state index contributed by atoms with van der Waals surface area (Å²) in [6, 6.07) is 4.46. The monoisotopic (exact) mass is 194 g/mol. The molecule has 3 nitrogen and oxygen atoms in total. The number of carbonyl (C=O) groups excluding carboxylic acids is 1. The van der Waals surface area contributed by atoms with E-state index in [1.54, 1.807) is 11.0 Å². The van der Waals surface area contributed by atoms with Crippen LogP contribution in [0.25, 0.3) is 0 Å². The van der Waals surface area contributed by atoms with Gasteiger partial charge in [0.05, 0.1) is 6.54 Å². The van der Waals surface area contributed by atoms with Gasteiger partial charge < -0.3 is 10.6 Å². The normalized spacial score (nSPS) is 14.3. The fourth-order valence-corrected chi connectivity index (χ4v) is 1.74. The Morgan fingerprint density at radius 2 is 2.36 bits per heavy atom. The average Bonchev–Trinajstić information content (AvgIpc) is 2.59. The molecular formula is C10H11FN2O. The van der Waals surface area contributed by atoms with Crippen LogP contribution in [0.5, 0.6) is 0 Å². The van der Waals surface area contributed by atoms with E-state index in [-0.39, 0.29) is 18.3 Å². The molecule has 2 rings (SSSR count). The minimum atomic E-state index is -0.259. The second-order valence-electron chi connectivity index (χ2n) is 3.27. The summed E-state index contributed by atoms with van der Waals surface area (Å²) in [6.07, 6.45) is 0.707. The molecule has 1 aliphatic heterocycles. The van der Waals surface area contributed by atoms with Gasteiger partial charge in [0.25, 0.3) is 0 Å². The number of carbonyl (C=O) groups is 1. The first-order chi connectivity index (χ1) is 6.72. The van der Waals surface area contributed by atoms with Gasteiger partial charge in [-0.1, -0.05) is 0 Å². The topological polar surface area (TPSA) is 46.3 Å². The van der Waals surface area contributed by atoms with Crippen LogP contribution in [0.2, 0.25) is 0 Å². The van der Waals surface area contributed by atoms with Gasteiger partial charge in [0.1, 0.15) is 5.82 Å². The molecule has 0 unspecified atom stereocenters. The van der Waals surface area contributed by atoms with Crippen LogP contribution in [0, 0.1) is 5.82 Å². The van der Waals surface area contributed by atoms with Gasteiger partial charge in [-0.05, 0) is 30.2 Å². The zero-order valence-electron chi connectivity index (χ0n) is 7.66. The molecule has 0 spiro atoms. The molecular weight excluding hydrogens is 183 g/mol. The van der Waals surface area contributed by atoms with Crippen molar-refractivity contribution in [1.29, 1.82) is 0 Å². The lowest BCUT2D eigenvalue weighted by Gasteiger charge is -2.15. The second-order valence-corrected chi connectivity index (χ2v) is 3.27. The van der Waals surface area contributed by atoms with Crippen molar-refractivity contribution < 1.29 is 9.18 Å². The van der Waals surface area contributed by atoms with Gasteiger partial charge in [0.2, 0.25) is 5.91 Å². The lowest BCUT2D eigenvalue weighted by Crippen LogP contribution is -2.34. The van der Waals surface area contributed by atoms with Crippen molar-refractivity contribution >= 4 is 11.6 Å². The highest BCUT2D eigenvalue weighted by molar-refractivity contribution is 5.96. The first kappa shape index (κ1) is 9.15. The van der Waals surface area contributed by atoms with Crippen molar-refractivity contribution in [3.8, 4) is 0 Å². The second kappa shape index (κ2) is 3.38. The lowest BCUT2D eigenvalue weighted by atomic mass is 10.2. The number of benzene rings is 1. The fraction of sp³-hybridized carbons (Fsp3) is 0.300. The molecule has 0 aromatic heterocycles. The van der Waals surface area contributed by atoms with E-state index in [0.29, 0.717) is 13.0 Å². The Labute approximate surface area is 81.3 Å². The maximum Gasteiger partial charge on any atom is 0.240 e. The Morgan fingerprint density at radius 1 is 1.57 bits per heavy atom. The quantitative estimate of drug-likeness (QED) is 0.714. The standard InChI is InChI=1S/C10H11FN2O/c11-8-1-2-9-7(5-8)3-4-13(9)10(14)6-12/h1-2,5H,3-4,6,12H2. The summed E-state index contributed by atoms with van der Waals surface area (Å²) in [4.78, 5) is 13.0. The summed E-state index contributed by atoms with van der Waals surface area (Å²) >= 11 is 0. The molecule has 0 bridgehead atoms. The third-order valence-electron chi connectivity index (χ3n) is 2.41. The molecule has 0 radical (unpaired) electrons. The predicted octanol–water partition coefficient (Wildman–Crippen LogP) is 0.673. The molecule has 0 fully saturated rings. The number of rotatable bonds is 1. The number of amides is 1. The van der Waals surface area contributed by atoms with Crippen LogP contribution < -0.4 is 10.6 Å². The number of hydrogen-bond donors (Lipinski definition) is 1. The van der Waals surface area contributed by atoms with E-state index in [2.05, 4.69) is 0 Å². The van der Waals surface area contributed by atoms with E-state index in [1.807, 2.05) is 0 Å². The zero-order valence-corrected chi connectivity index (χ0v) is 7.66. The SMILES string of the molecule is NCC(=O)N1CCc2cc(F)ccc21. The fourth-order valence-electron chi connectivity index (χ4n) is 1.74. The zero-order chi connectivity index (χ0) is 10.1. The van der Waals surface area contributed by atoms with Crippen molar-refractivity contribution in [3.63, 3.8) is 0 Å². The number of hydrogen-bond acceptors (Lipinski definition) is 2. The van der Waals surface area contributed by atoms with Crippen molar-refractivity contribution in [2.45, 2.75) is 6.42 Å². The van der Waals surface area contributed by atoms with Crippen LogP contribution in [0.15, 0.2) is 18.2 Å². The summed E-state index contributed by atoms with van der Waals surface area (Å²) in [7, 11) is 0. The lowest BCUT2D eigenvalue weighted by molar-refractivity contribution is -0.117. The van der Waals surface area contributed by atoms with Gasteiger partial charge in [-0.25, -0.2) is 4.39 Å². The van der Waals surface area contributed by atoms with Crippen molar-refractivity contribution in [3.05, 3.63) is 29.6 Å². The van der Waals surface area contributed by atoms with E-state index < -0.39 is 0 Å². The van der Waals surface area contributed by atoms with Gasteiger partial charge >= 0.3 is 0 Å². The van der Waals surface area contributed by atoms with Crippen LogP contribution in [-0.4, -0.2) is 19.0 Å². The Kier molecular flexibility index (Phi) is 2.21. The van der Waals surface area contributed by atoms with E-state index >= 15 is 0 Å². The van der Waals surface area contributed by atoms with E-state index in [1.165, 1.54) is 12.1 Å². The molecule has 1 amide bonds. The summed E-state index contributed by atoms with van der Waals surface area (Å²) in [5.74, 6) is -0.374. The average molecular weight is 194 g/mol. The highest BCUT2D eigenvalue weighted by Gasteiger charge is 2.23. The largest absolute Gasteiger partial charge is 0.322 e. The number of nitrogens with two attached hydrogens (primary N) is 1. The summed E-state index contributed by atoms with van der Waals surface area (Å²) < 4.78 is 12.8. The molecule has 0 atom stereocenters. The molecule has 1 aliphatic rings. The molecule has 1 aromatic carbocycles. The van der Waals surface area contributed by atoms with Crippen LogP contribution >= 0.6 is 0 Å². The number of nitrogens with zero attached hydrogens (tertiary/aromatic N) is 1. The number of halogens is 1.